The van der Waals surface area contributed by atoms with Crippen LogP contribution in [0.4, 0.5) is 30.7 Å². The Morgan fingerprint density at radius 3 is 2.06 bits per heavy atom. The number of carbonyl (C=O) groups excluding carboxylic acids is 2. The first-order chi connectivity index (χ1) is 23.5. The van der Waals surface area contributed by atoms with Crippen molar-refractivity contribution in [1.29, 1.82) is 0 Å². The Kier molecular flexibility index (Phi) is 10.9. The van der Waals surface area contributed by atoms with Crippen LogP contribution in [0.5, 0.6) is 11.5 Å². The summed E-state index contributed by atoms with van der Waals surface area (Å²) in [6, 6.07) is 11.2. The molecule has 10 nitrogen and oxygen atoms in total. The second kappa shape index (κ2) is 14.8. The predicted molar refractivity (Wildman–Crippen MR) is 163 cm³/mol. The molecular formula is C32H31F7N4O6S. The van der Waals surface area contributed by atoms with E-state index >= 15 is 4.39 Å². The van der Waals surface area contributed by atoms with Crippen molar-refractivity contribution in [3.05, 3.63) is 83.7 Å². The standard InChI is InChI=1S/C32H31F7N4O6S/c33-26-19-42(18-20-1-4-24(5-2-20)49-31(34,35)36)14-13-27(26)41-29(44)21-3-10-28(40-17-21)30(45)43-15-11-23(12-16-43)48-22-6-8-25(9-7-22)50(46,47)32(37,38)39/h1-10,17,23,26-27H,11-16,18-19H2,(H,41,44)/t26-,27-/m1/s1. The topological polar surface area (TPSA) is 118 Å². The van der Waals surface area contributed by atoms with E-state index in [1.807, 2.05) is 0 Å². The van der Waals surface area contributed by atoms with Crippen molar-refractivity contribution in [2.45, 2.75) is 60.9 Å². The van der Waals surface area contributed by atoms with Crippen LogP contribution >= 0.6 is 0 Å². The summed E-state index contributed by atoms with van der Waals surface area (Å²) in [6.45, 7) is 1.29. The lowest BCUT2D eigenvalue weighted by Crippen LogP contribution is -2.52. The van der Waals surface area contributed by atoms with Gasteiger partial charge in [0, 0.05) is 51.8 Å². The number of amides is 2. The number of hydrogen-bond donors (Lipinski definition) is 1. The summed E-state index contributed by atoms with van der Waals surface area (Å²) in [6.07, 6.45) is -4.29. The molecule has 0 saturated carbocycles. The second-order valence-electron chi connectivity index (χ2n) is 11.8. The van der Waals surface area contributed by atoms with Gasteiger partial charge >= 0.3 is 11.9 Å². The molecule has 2 aromatic carbocycles. The Labute approximate surface area is 282 Å². The number of ether oxygens (including phenoxy) is 2. The molecule has 2 saturated heterocycles. The summed E-state index contributed by atoms with van der Waals surface area (Å²) in [7, 11) is -5.47. The number of halogens is 7. The second-order valence-corrected chi connectivity index (χ2v) is 13.7. The largest absolute Gasteiger partial charge is 0.573 e. The van der Waals surface area contributed by atoms with Gasteiger partial charge in [0.2, 0.25) is 0 Å². The van der Waals surface area contributed by atoms with Gasteiger partial charge in [-0.1, -0.05) is 12.1 Å². The van der Waals surface area contributed by atoms with E-state index in [0.717, 1.165) is 24.3 Å². The van der Waals surface area contributed by atoms with E-state index in [2.05, 4.69) is 15.0 Å². The van der Waals surface area contributed by atoms with Crippen molar-refractivity contribution >= 4 is 21.7 Å². The molecule has 0 unspecified atom stereocenters. The minimum atomic E-state index is -5.47. The third kappa shape index (κ3) is 9.21. The molecule has 2 aliphatic heterocycles. The lowest BCUT2D eigenvalue weighted by molar-refractivity contribution is -0.274. The van der Waals surface area contributed by atoms with Gasteiger partial charge in [-0.05, 0) is 60.5 Å². The third-order valence-corrected chi connectivity index (χ3v) is 9.72. The van der Waals surface area contributed by atoms with Crippen molar-refractivity contribution in [3.63, 3.8) is 0 Å². The van der Waals surface area contributed by atoms with Gasteiger partial charge < -0.3 is 19.7 Å². The number of aromatic nitrogens is 1. The SMILES string of the molecule is O=C(N[C@@H]1CCN(Cc2ccc(OC(F)(F)F)cc2)C[C@H]1F)c1ccc(C(=O)N2CCC(Oc3ccc(S(=O)(=O)C(F)(F)F)cc3)CC2)nc1. The molecule has 0 radical (unpaired) electrons. The summed E-state index contributed by atoms with van der Waals surface area (Å²) in [5.41, 5.74) is -4.54. The van der Waals surface area contributed by atoms with Gasteiger partial charge in [-0.2, -0.15) is 13.2 Å². The maximum Gasteiger partial charge on any atom is 0.573 e. The zero-order chi connectivity index (χ0) is 36.3. The summed E-state index contributed by atoms with van der Waals surface area (Å²) >= 11 is 0. The van der Waals surface area contributed by atoms with Crippen LogP contribution < -0.4 is 14.8 Å². The highest BCUT2D eigenvalue weighted by Gasteiger charge is 2.46. The Hall–Kier alpha value is -4.45. The molecule has 18 heteroatoms. The van der Waals surface area contributed by atoms with Gasteiger partial charge in [-0.3, -0.25) is 19.5 Å². The molecule has 2 fully saturated rings. The molecule has 5 rings (SSSR count). The highest BCUT2D eigenvalue weighted by atomic mass is 32.2. The summed E-state index contributed by atoms with van der Waals surface area (Å²) in [5.74, 6) is -1.13. The van der Waals surface area contributed by atoms with Gasteiger partial charge in [-0.15, -0.1) is 13.2 Å². The molecule has 270 valence electrons. The number of likely N-dealkylation sites (tertiary alicyclic amines) is 2. The average Bonchev–Trinajstić information content (AvgIpc) is 3.06. The lowest BCUT2D eigenvalue weighted by Gasteiger charge is -2.35. The number of pyridine rings is 1. The van der Waals surface area contributed by atoms with E-state index in [1.165, 1.54) is 47.5 Å². The molecule has 2 atom stereocenters. The normalized spacial score (nSPS) is 19.5. The number of rotatable bonds is 9. The Morgan fingerprint density at radius 1 is 0.860 bits per heavy atom. The fraction of sp³-hybridized carbons (Fsp3) is 0.406. The van der Waals surface area contributed by atoms with Crippen LogP contribution in [0, 0.1) is 0 Å². The molecule has 3 heterocycles. The van der Waals surface area contributed by atoms with E-state index in [-0.39, 0.29) is 54.9 Å². The third-order valence-electron chi connectivity index (χ3n) is 8.22. The van der Waals surface area contributed by atoms with Crippen LogP contribution in [-0.4, -0.2) is 91.4 Å². The van der Waals surface area contributed by atoms with Crippen LogP contribution in [0.15, 0.2) is 71.8 Å². The highest BCUT2D eigenvalue weighted by molar-refractivity contribution is 7.92. The quantitative estimate of drug-likeness (QED) is 0.295. The molecule has 3 aromatic rings. The fourth-order valence-corrected chi connectivity index (χ4v) is 6.36. The predicted octanol–water partition coefficient (Wildman–Crippen LogP) is 5.30. The molecule has 0 aliphatic carbocycles. The molecule has 0 bridgehead atoms. The van der Waals surface area contributed by atoms with E-state index in [9.17, 15) is 44.3 Å². The van der Waals surface area contributed by atoms with E-state index < -0.39 is 50.6 Å². The number of hydrogen-bond acceptors (Lipinski definition) is 8. The van der Waals surface area contributed by atoms with E-state index in [4.69, 9.17) is 4.74 Å². The van der Waals surface area contributed by atoms with Gasteiger partial charge in [0.25, 0.3) is 21.7 Å². The minimum Gasteiger partial charge on any atom is -0.490 e. The lowest BCUT2D eigenvalue weighted by atomic mass is 10.0. The maximum atomic E-state index is 15.0. The van der Waals surface area contributed by atoms with Crippen molar-refractivity contribution in [2.24, 2.45) is 0 Å². The summed E-state index contributed by atoms with van der Waals surface area (Å²) in [4.78, 5) is 32.4. The Bertz CT molecular complexity index is 1750. The molecule has 1 aromatic heterocycles. The number of sulfone groups is 1. The van der Waals surface area contributed by atoms with E-state index in [1.54, 1.807) is 4.90 Å². The zero-order valence-electron chi connectivity index (χ0n) is 26.1. The van der Waals surface area contributed by atoms with Crippen molar-refractivity contribution in [3.8, 4) is 11.5 Å². The van der Waals surface area contributed by atoms with Crippen LogP contribution in [0.1, 0.15) is 45.7 Å². The number of nitrogens with one attached hydrogen (secondary N) is 1. The monoisotopic (exact) mass is 732 g/mol. The number of carbonyl (C=O) groups is 2. The molecule has 0 spiro atoms. The van der Waals surface area contributed by atoms with Crippen LogP contribution in [0.25, 0.3) is 0 Å². The van der Waals surface area contributed by atoms with Crippen LogP contribution in [0.3, 0.4) is 0 Å². The first-order valence-electron chi connectivity index (χ1n) is 15.3. The minimum absolute atomic E-state index is 0.00224. The van der Waals surface area contributed by atoms with Crippen LogP contribution in [-0.2, 0) is 16.4 Å². The number of nitrogens with zero attached hydrogens (tertiary/aromatic N) is 3. The smallest absolute Gasteiger partial charge is 0.490 e. The molecule has 2 aliphatic rings. The first kappa shape index (κ1) is 36.8. The first-order valence-corrected chi connectivity index (χ1v) is 16.8. The van der Waals surface area contributed by atoms with Gasteiger partial charge in [-0.25, -0.2) is 12.8 Å². The Balaban J connectivity index is 1.06. The molecule has 50 heavy (non-hydrogen) atoms. The maximum absolute atomic E-state index is 15.0. The van der Waals surface area contributed by atoms with E-state index in [0.29, 0.717) is 31.5 Å². The summed E-state index contributed by atoms with van der Waals surface area (Å²) < 4.78 is 123. The zero-order valence-corrected chi connectivity index (χ0v) is 26.9. The Morgan fingerprint density at radius 2 is 1.50 bits per heavy atom. The average molecular weight is 733 g/mol. The van der Waals surface area contributed by atoms with Gasteiger partial charge in [0.1, 0.15) is 29.5 Å². The van der Waals surface area contributed by atoms with Gasteiger partial charge in [0.15, 0.2) is 0 Å². The van der Waals surface area contributed by atoms with Crippen molar-refractivity contribution in [2.75, 3.05) is 26.2 Å². The number of benzene rings is 2. The van der Waals surface area contributed by atoms with Crippen molar-refractivity contribution in [1.82, 2.24) is 20.1 Å². The highest BCUT2D eigenvalue weighted by Crippen LogP contribution is 2.31. The number of piperidine rings is 2. The molecular weight excluding hydrogens is 701 g/mol. The molecule has 1 N–H and O–H groups in total. The summed E-state index contributed by atoms with van der Waals surface area (Å²) in [5, 5.41) is 2.66. The van der Waals surface area contributed by atoms with Gasteiger partial charge in [0.05, 0.1) is 16.5 Å². The van der Waals surface area contributed by atoms with Crippen molar-refractivity contribution < 1.29 is 58.2 Å². The van der Waals surface area contributed by atoms with Crippen LogP contribution in [0.2, 0.25) is 0 Å². The number of alkyl halides is 7. The fourth-order valence-electron chi connectivity index (χ4n) is 5.60. The molecule has 2 amide bonds.